The van der Waals surface area contributed by atoms with E-state index in [0.29, 0.717) is 5.56 Å². The lowest BCUT2D eigenvalue weighted by atomic mass is 9.97. The number of hydrogen-bond acceptors (Lipinski definition) is 3. The maximum atomic E-state index is 9.93. The Morgan fingerprint density at radius 3 is 1.74 bits per heavy atom. The van der Waals surface area contributed by atoms with Crippen molar-refractivity contribution in [3.05, 3.63) is 41.5 Å². The van der Waals surface area contributed by atoms with Gasteiger partial charge < -0.3 is 15.3 Å². The van der Waals surface area contributed by atoms with Crippen LogP contribution < -0.4 is 0 Å². The van der Waals surface area contributed by atoms with Gasteiger partial charge in [0.05, 0.1) is 0 Å². The molecule has 2 aromatic carbocycles. The van der Waals surface area contributed by atoms with Crippen LogP contribution in [0.3, 0.4) is 0 Å². The molecule has 0 bridgehead atoms. The molecule has 0 aliphatic rings. The molecule has 0 radical (unpaired) electrons. The lowest BCUT2D eigenvalue weighted by molar-refractivity contribution is 0.397. The zero-order chi connectivity index (χ0) is 14.0. The molecule has 0 amide bonds. The molecule has 0 aliphatic carbocycles. The standard InChI is InChI=1S/C16H18O3/c1-3-10-5-11(4-2)7-12(6-10)13-8-15(18)16(19)9-14(13)17/h5-9,17-19H,3-4H2,1-2H3. The first-order chi connectivity index (χ1) is 9.05. The molecular weight excluding hydrogens is 240 g/mol. The molecule has 0 aromatic heterocycles. The van der Waals surface area contributed by atoms with Gasteiger partial charge in [0.2, 0.25) is 0 Å². The Bertz CT molecular complexity index is 581. The minimum atomic E-state index is -0.316. The van der Waals surface area contributed by atoms with E-state index in [-0.39, 0.29) is 17.2 Å². The summed E-state index contributed by atoms with van der Waals surface area (Å²) in [5.41, 5.74) is 3.74. The minimum Gasteiger partial charge on any atom is -0.507 e. The summed E-state index contributed by atoms with van der Waals surface area (Å²) in [4.78, 5) is 0. The van der Waals surface area contributed by atoms with Crippen LogP contribution in [0.25, 0.3) is 11.1 Å². The van der Waals surface area contributed by atoms with Gasteiger partial charge in [-0.25, -0.2) is 0 Å². The van der Waals surface area contributed by atoms with Gasteiger partial charge in [-0.05, 0) is 35.6 Å². The molecule has 0 heterocycles. The Kier molecular flexibility index (Phi) is 3.65. The van der Waals surface area contributed by atoms with Crippen molar-refractivity contribution in [1.29, 1.82) is 0 Å². The van der Waals surface area contributed by atoms with Crippen molar-refractivity contribution >= 4 is 0 Å². The summed E-state index contributed by atoms with van der Waals surface area (Å²) in [6, 6.07) is 8.67. The van der Waals surface area contributed by atoms with Crippen LogP contribution >= 0.6 is 0 Å². The van der Waals surface area contributed by atoms with Crippen LogP contribution in [0.5, 0.6) is 17.2 Å². The Hall–Kier alpha value is -2.16. The van der Waals surface area contributed by atoms with Gasteiger partial charge in [-0.15, -0.1) is 0 Å². The van der Waals surface area contributed by atoms with Crippen molar-refractivity contribution in [2.45, 2.75) is 26.7 Å². The Labute approximate surface area is 112 Å². The lowest BCUT2D eigenvalue weighted by Gasteiger charge is -2.10. The molecule has 0 aliphatic heterocycles. The number of phenolic OH excluding ortho intramolecular Hbond substituents is 3. The number of aryl methyl sites for hydroxylation is 2. The Morgan fingerprint density at radius 2 is 1.21 bits per heavy atom. The Morgan fingerprint density at radius 1 is 0.684 bits per heavy atom. The molecule has 0 fully saturated rings. The first-order valence-electron chi connectivity index (χ1n) is 6.43. The van der Waals surface area contributed by atoms with Crippen LogP contribution in [0.15, 0.2) is 30.3 Å². The largest absolute Gasteiger partial charge is 0.507 e. The normalized spacial score (nSPS) is 10.6. The molecule has 0 saturated carbocycles. The van der Waals surface area contributed by atoms with Crippen molar-refractivity contribution in [2.75, 3.05) is 0 Å². The smallest absolute Gasteiger partial charge is 0.161 e. The third kappa shape index (κ3) is 2.65. The van der Waals surface area contributed by atoms with Gasteiger partial charge in [0.1, 0.15) is 5.75 Å². The molecule has 19 heavy (non-hydrogen) atoms. The monoisotopic (exact) mass is 258 g/mol. The van der Waals surface area contributed by atoms with Crippen molar-refractivity contribution in [3.8, 4) is 28.4 Å². The first kappa shape index (κ1) is 13.3. The number of aromatic hydroxyl groups is 3. The molecular formula is C16H18O3. The van der Waals surface area contributed by atoms with Crippen LogP contribution in [0.2, 0.25) is 0 Å². The van der Waals surface area contributed by atoms with E-state index >= 15 is 0 Å². The lowest BCUT2D eigenvalue weighted by Crippen LogP contribution is -1.89. The number of rotatable bonds is 3. The molecule has 100 valence electrons. The summed E-state index contributed by atoms with van der Waals surface area (Å²) < 4.78 is 0. The van der Waals surface area contributed by atoms with Gasteiger partial charge in [-0.1, -0.05) is 32.0 Å². The van der Waals surface area contributed by atoms with E-state index in [9.17, 15) is 15.3 Å². The summed E-state index contributed by atoms with van der Waals surface area (Å²) in [7, 11) is 0. The molecule has 3 nitrogen and oxygen atoms in total. The van der Waals surface area contributed by atoms with Gasteiger partial charge in [0, 0.05) is 11.6 Å². The van der Waals surface area contributed by atoms with Crippen LogP contribution in [0.1, 0.15) is 25.0 Å². The van der Waals surface area contributed by atoms with Crippen molar-refractivity contribution < 1.29 is 15.3 Å². The van der Waals surface area contributed by atoms with Crippen LogP contribution in [0.4, 0.5) is 0 Å². The van der Waals surface area contributed by atoms with Gasteiger partial charge in [0.25, 0.3) is 0 Å². The molecule has 2 rings (SSSR count). The topological polar surface area (TPSA) is 60.7 Å². The predicted octanol–water partition coefficient (Wildman–Crippen LogP) is 3.60. The minimum absolute atomic E-state index is 0.0365. The van der Waals surface area contributed by atoms with Gasteiger partial charge in [-0.2, -0.15) is 0 Å². The fraction of sp³-hybridized carbons (Fsp3) is 0.250. The number of hydrogen-bond donors (Lipinski definition) is 3. The van der Waals surface area contributed by atoms with E-state index in [4.69, 9.17) is 0 Å². The molecule has 2 aromatic rings. The highest BCUT2D eigenvalue weighted by atomic mass is 16.3. The number of benzene rings is 2. The molecule has 0 spiro atoms. The molecule has 3 heteroatoms. The third-order valence-electron chi connectivity index (χ3n) is 3.27. The second-order valence-electron chi connectivity index (χ2n) is 4.60. The summed E-state index contributed by atoms with van der Waals surface area (Å²) in [5, 5.41) is 28.9. The van der Waals surface area contributed by atoms with E-state index in [1.54, 1.807) is 0 Å². The van der Waals surface area contributed by atoms with Crippen molar-refractivity contribution in [3.63, 3.8) is 0 Å². The van der Waals surface area contributed by atoms with Gasteiger partial charge >= 0.3 is 0 Å². The van der Waals surface area contributed by atoms with E-state index in [1.807, 2.05) is 12.1 Å². The van der Waals surface area contributed by atoms with E-state index in [0.717, 1.165) is 24.5 Å². The predicted molar refractivity (Wildman–Crippen MR) is 75.6 cm³/mol. The van der Waals surface area contributed by atoms with E-state index in [1.165, 1.54) is 17.2 Å². The zero-order valence-electron chi connectivity index (χ0n) is 11.1. The van der Waals surface area contributed by atoms with E-state index < -0.39 is 0 Å². The quantitative estimate of drug-likeness (QED) is 0.582. The second kappa shape index (κ2) is 5.22. The first-order valence-corrected chi connectivity index (χ1v) is 6.43. The number of phenols is 3. The molecule has 0 saturated heterocycles. The SMILES string of the molecule is CCc1cc(CC)cc(-c2cc(O)c(O)cc2O)c1. The summed E-state index contributed by atoms with van der Waals surface area (Å²) in [5.74, 6) is -0.582. The van der Waals surface area contributed by atoms with Crippen LogP contribution in [-0.2, 0) is 12.8 Å². The Balaban J connectivity index is 2.61. The summed E-state index contributed by atoms with van der Waals surface area (Å²) in [6.07, 6.45) is 1.82. The van der Waals surface area contributed by atoms with Crippen molar-refractivity contribution in [2.24, 2.45) is 0 Å². The average molecular weight is 258 g/mol. The summed E-state index contributed by atoms with van der Waals surface area (Å²) >= 11 is 0. The van der Waals surface area contributed by atoms with E-state index in [2.05, 4.69) is 19.9 Å². The highest BCUT2D eigenvalue weighted by Gasteiger charge is 2.11. The fourth-order valence-corrected chi connectivity index (χ4v) is 2.12. The van der Waals surface area contributed by atoms with Crippen molar-refractivity contribution in [1.82, 2.24) is 0 Å². The third-order valence-corrected chi connectivity index (χ3v) is 3.27. The van der Waals surface area contributed by atoms with Crippen LogP contribution in [0, 0.1) is 0 Å². The second-order valence-corrected chi connectivity index (χ2v) is 4.60. The highest BCUT2D eigenvalue weighted by Crippen LogP contribution is 2.38. The maximum Gasteiger partial charge on any atom is 0.161 e. The zero-order valence-corrected chi connectivity index (χ0v) is 11.1. The maximum absolute atomic E-state index is 9.93. The highest BCUT2D eigenvalue weighted by molar-refractivity contribution is 5.74. The van der Waals surface area contributed by atoms with Crippen LogP contribution in [-0.4, -0.2) is 15.3 Å². The average Bonchev–Trinajstić information content (AvgIpc) is 2.42. The summed E-state index contributed by atoms with van der Waals surface area (Å²) in [6.45, 7) is 4.15. The van der Waals surface area contributed by atoms with Gasteiger partial charge in [0.15, 0.2) is 11.5 Å². The molecule has 3 N–H and O–H groups in total. The molecule has 0 unspecified atom stereocenters. The van der Waals surface area contributed by atoms with Gasteiger partial charge in [-0.3, -0.25) is 0 Å². The molecule has 0 atom stereocenters. The fourth-order valence-electron chi connectivity index (χ4n) is 2.12.